The number of benzene rings is 2. The van der Waals surface area contributed by atoms with E-state index in [1.165, 1.54) is 0 Å². The molecule has 0 radical (unpaired) electrons. The van der Waals surface area contributed by atoms with Gasteiger partial charge in [-0.15, -0.1) is 0 Å². The van der Waals surface area contributed by atoms with Crippen LogP contribution in [0, 0.1) is 0 Å². The molecule has 0 heterocycles. The van der Waals surface area contributed by atoms with Crippen LogP contribution in [-0.2, 0) is 5.41 Å². The van der Waals surface area contributed by atoms with Crippen molar-refractivity contribution in [1.82, 2.24) is 0 Å². The van der Waals surface area contributed by atoms with E-state index in [0.717, 1.165) is 15.7 Å². The average Bonchev–Trinajstić information content (AvgIpc) is 2.38. The number of nitrogens with one attached hydrogen (secondary N) is 1. The summed E-state index contributed by atoms with van der Waals surface area (Å²) in [6.45, 7) is 6.41. The number of halogens is 1. The topological polar surface area (TPSA) is 29.1 Å². The smallest absolute Gasteiger partial charge is 0.255 e. The quantitative estimate of drug-likeness (QED) is 0.824. The first-order valence-corrected chi connectivity index (χ1v) is 7.33. The molecule has 0 aliphatic carbocycles. The highest BCUT2D eigenvalue weighted by atomic mass is 79.9. The van der Waals surface area contributed by atoms with Gasteiger partial charge < -0.3 is 5.32 Å². The predicted octanol–water partition coefficient (Wildman–Crippen LogP) is 5.00. The molecule has 0 saturated carbocycles. The molecule has 20 heavy (non-hydrogen) atoms. The summed E-state index contributed by atoms with van der Waals surface area (Å²) in [4.78, 5) is 12.3. The molecular weight excluding hydrogens is 314 g/mol. The molecule has 0 aliphatic heterocycles. The Labute approximate surface area is 128 Å². The van der Waals surface area contributed by atoms with E-state index >= 15 is 0 Å². The van der Waals surface area contributed by atoms with Crippen molar-refractivity contribution in [3.63, 3.8) is 0 Å². The van der Waals surface area contributed by atoms with Gasteiger partial charge >= 0.3 is 0 Å². The highest BCUT2D eigenvalue weighted by molar-refractivity contribution is 9.10. The molecule has 0 unspecified atom stereocenters. The second-order valence-electron chi connectivity index (χ2n) is 5.76. The number of rotatable bonds is 2. The standard InChI is InChI=1S/C17H18BrNO/c1-17(2,3)14-6-4-5-7-15(14)19-16(20)12-8-10-13(18)11-9-12/h4-11H,1-3H3,(H,19,20). The van der Waals surface area contributed by atoms with Gasteiger partial charge in [-0.3, -0.25) is 4.79 Å². The Morgan fingerprint density at radius 2 is 1.60 bits per heavy atom. The van der Waals surface area contributed by atoms with E-state index in [1.807, 2.05) is 30.3 Å². The fraction of sp³-hybridized carbons (Fsp3) is 0.235. The van der Waals surface area contributed by atoms with Crippen molar-refractivity contribution in [2.24, 2.45) is 0 Å². The minimum absolute atomic E-state index is 0.0103. The van der Waals surface area contributed by atoms with Crippen molar-refractivity contribution < 1.29 is 4.79 Å². The lowest BCUT2D eigenvalue weighted by molar-refractivity contribution is 0.102. The summed E-state index contributed by atoms with van der Waals surface area (Å²) in [7, 11) is 0. The molecule has 2 aromatic rings. The van der Waals surface area contributed by atoms with E-state index < -0.39 is 0 Å². The van der Waals surface area contributed by atoms with E-state index in [-0.39, 0.29) is 11.3 Å². The lowest BCUT2D eigenvalue weighted by Gasteiger charge is -2.23. The first kappa shape index (κ1) is 14.8. The Bertz CT molecular complexity index is 612. The highest BCUT2D eigenvalue weighted by Gasteiger charge is 2.18. The van der Waals surface area contributed by atoms with Crippen molar-refractivity contribution in [2.45, 2.75) is 26.2 Å². The van der Waals surface area contributed by atoms with E-state index in [4.69, 9.17) is 0 Å². The Balaban J connectivity index is 2.26. The molecule has 0 fully saturated rings. The van der Waals surface area contributed by atoms with Gasteiger partial charge in [-0.1, -0.05) is 54.9 Å². The largest absolute Gasteiger partial charge is 0.322 e. The van der Waals surface area contributed by atoms with Gasteiger partial charge in [0, 0.05) is 15.7 Å². The molecule has 0 bridgehead atoms. The maximum atomic E-state index is 12.3. The third-order valence-corrected chi connectivity index (χ3v) is 3.62. The van der Waals surface area contributed by atoms with Crippen molar-refractivity contribution in [2.75, 3.05) is 5.32 Å². The van der Waals surface area contributed by atoms with Crippen molar-refractivity contribution in [1.29, 1.82) is 0 Å². The van der Waals surface area contributed by atoms with Crippen molar-refractivity contribution in [3.8, 4) is 0 Å². The molecule has 0 aromatic heterocycles. The molecule has 0 aliphatic rings. The average molecular weight is 332 g/mol. The van der Waals surface area contributed by atoms with Gasteiger partial charge in [0.15, 0.2) is 0 Å². The monoisotopic (exact) mass is 331 g/mol. The van der Waals surface area contributed by atoms with E-state index in [2.05, 4.69) is 48.1 Å². The maximum Gasteiger partial charge on any atom is 0.255 e. The van der Waals surface area contributed by atoms with Crippen LogP contribution in [0.5, 0.6) is 0 Å². The summed E-state index contributed by atoms with van der Waals surface area (Å²) in [5.41, 5.74) is 2.64. The van der Waals surface area contributed by atoms with Crippen LogP contribution in [-0.4, -0.2) is 5.91 Å². The van der Waals surface area contributed by atoms with Crippen LogP contribution in [0.4, 0.5) is 5.69 Å². The van der Waals surface area contributed by atoms with Gasteiger partial charge in [-0.05, 0) is 41.3 Å². The van der Waals surface area contributed by atoms with Gasteiger partial charge in [0.05, 0.1) is 0 Å². The summed E-state index contributed by atoms with van der Waals surface area (Å²) < 4.78 is 0.962. The number of hydrogen-bond acceptors (Lipinski definition) is 1. The SMILES string of the molecule is CC(C)(C)c1ccccc1NC(=O)c1ccc(Br)cc1. The van der Waals surface area contributed by atoms with E-state index in [9.17, 15) is 4.79 Å². The lowest BCUT2D eigenvalue weighted by atomic mass is 9.86. The molecule has 1 amide bonds. The first-order chi connectivity index (χ1) is 9.38. The van der Waals surface area contributed by atoms with Crippen LogP contribution >= 0.6 is 15.9 Å². The van der Waals surface area contributed by atoms with Crippen molar-refractivity contribution in [3.05, 3.63) is 64.1 Å². The number of carbonyl (C=O) groups excluding carboxylic acids is 1. The molecule has 104 valence electrons. The number of amides is 1. The summed E-state index contributed by atoms with van der Waals surface area (Å²) in [6, 6.07) is 15.3. The van der Waals surface area contributed by atoms with Gasteiger partial charge in [0.1, 0.15) is 0 Å². The Kier molecular flexibility index (Phi) is 4.29. The van der Waals surface area contributed by atoms with Crippen LogP contribution in [0.1, 0.15) is 36.7 Å². The molecule has 0 spiro atoms. The zero-order valence-corrected chi connectivity index (χ0v) is 13.5. The number of hydrogen-bond donors (Lipinski definition) is 1. The molecule has 1 N–H and O–H groups in total. The minimum atomic E-state index is -0.0887. The fourth-order valence-corrected chi connectivity index (χ4v) is 2.31. The van der Waals surface area contributed by atoms with Crippen LogP contribution in [0.25, 0.3) is 0 Å². The van der Waals surface area contributed by atoms with Crippen LogP contribution in [0.2, 0.25) is 0 Å². The van der Waals surface area contributed by atoms with Crippen molar-refractivity contribution >= 4 is 27.5 Å². The molecule has 2 aromatic carbocycles. The third kappa shape index (κ3) is 3.48. The molecule has 2 rings (SSSR count). The summed E-state index contributed by atoms with van der Waals surface area (Å²) >= 11 is 3.37. The summed E-state index contributed by atoms with van der Waals surface area (Å²) in [6.07, 6.45) is 0. The normalized spacial score (nSPS) is 11.2. The molecule has 0 saturated heterocycles. The second-order valence-corrected chi connectivity index (χ2v) is 6.67. The summed E-state index contributed by atoms with van der Waals surface area (Å²) in [5, 5.41) is 3.00. The minimum Gasteiger partial charge on any atom is -0.322 e. The maximum absolute atomic E-state index is 12.3. The Hall–Kier alpha value is -1.61. The first-order valence-electron chi connectivity index (χ1n) is 6.54. The fourth-order valence-electron chi connectivity index (χ4n) is 2.04. The van der Waals surface area contributed by atoms with Crippen LogP contribution in [0.3, 0.4) is 0 Å². The van der Waals surface area contributed by atoms with Crippen LogP contribution in [0.15, 0.2) is 53.0 Å². The number of carbonyl (C=O) groups is 1. The van der Waals surface area contributed by atoms with E-state index in [0.29, 0.717) is 5.56 Å². The van der Waals surface area contributed by atoms with Gasteiger partial charge in [-0.25, -0.2) is 0 Å². The number of para-hydroxylation sites is 1. The molecule has 2 nitrogen and oxygen atoms in total. The highest BCUT2D eigenvalue weighted by Crippen LogP contribution is 2.29. The molecule has 3 heteroatoms. The number of anilines is 1. The molecule has 0 atom stereocenters. The third-order valence-electron chi connectivity index (χ3n) is 3.09. The zero-order valence-electron chi connectivity index (χ0n) is 11.9. The Morgan fingerprint density at radius 3 is 2.20 bits per heavy atom. The predicted molar refractivity (Wildman–Crippen MR) is 87.2 cm³/mol. The summed E-state index contributed by atoms with van der Waals surface area (Å²) in [5.74, 6) is -0.0887. The van der Waals surface area contributed by atoms with Gasteiger partial charge in [-0.2, -0.15) is 0 Å². The Morgan fingerprint density at radius 1 is 1.00 bits per heavy atom. The zero-order chi connectivity index (χ0) is 14.8. The lowest BCUT2D eigenvalue weighted by Crippen LogP contribution is -2.18. The molecular formula is C17H18BrNO. The van der Waals surface area contributed by atoms with Gasteiger partial charge in [0.2, 0.25) is 0 Å². The van der Waals surface area contributed by atoms with Gasteiger partial charge in [0.25, 0.3) is 5.91 Å². The van der Waals surface area contributed by atoms with E-state index in [1.54, 1.807) is 12.1 Å². The second kappa shape index (κ2) is 5.80. The van der Waals surface area contributed by atoms with Crippen LogP contribution < -0.4 is 5.32 Å².